The molecule has 0 amide bonds. The molecule has 2 heteroatoms. The van der Waals surface area contributed by atoms with Crippen LogP contribution in [0.4, 0.5) is 0 Å². The maximum Gasteiger partial charge on any atom is 0.151 e. The zero-order valence-electron chi connectivity index (χ0n) is 8.90. The quantitative estimate of drug-likeness (QED) is 0.695. The van der Waals surface area contributed by atoms with E-state index in [1.165, 1.54) is 0 Å². The number of carbonyl (C=O) groups is 1. The first-order valence-electron chi connectivity index (χ1n) is 5.07. The number of pyridine rings is 1. The van der Waals surface area contributed by atoms with E-state index in [4.69, 9.17) is 0 Å². The second-order valence-electron chi connectivity index (χ2n) is 3.92. The molecule has 0 radical (unpaired) electrons. The van der Waals surface area contributed by atoms with Crippen molar-refractivity contribution in [2.75, 3.05) is 0 Å². The van der Waals surface area contributed by atoms with Gasteiger partial charge in [0.1, 0.15) is 0 Å². The third-order valence-corrected chi connectivity index (χ3v) is 2.55. The number of benzene rings is 1. The van der Waals surface area contributed by atoms with Gasteiger partial charge in [0.2, 0.25) is 0 Å². The molecule has 1 aromatic carbocycles. The molecule has 0 aliphatic rings. The minimum atomic E-state index is 0.332. The molecule has 0 aliphatic carbocycles. The van der Waals surface area contributed by atoms with E-state index < -0.39 is 0 Å². The first kappa shape index (κ1) is 9.84. The second kappa shape index (κ2) is 3.81. The summed E-state index contributed by atoms with van der Waals surface area (Å²) in [6.45, 7) is 4.18. The Hall–Kier alpha value is -1.70. The molecule has 0 aliphatic heterocycles. The summed E-state index contributed by atoms with van der Waals surface area (Å²) >= 11 is 0. The van der Waals surface area contributed by atoms with Crippen LogP contribution in [0.2, 0.25) is 0 Å². The van der Waals surface area contributed by atoms with Crippen LogP contribution in [0.25, 0.3) is 10.9 Å². The maximum absolute atomic E-state index is 10.9. The van der Waals surface area contributed by atoms with E-state index in [9.17, 15) is 4.79 Å². The lowest BCUT2D eigenvalue weighted by Crippen LogP contribution is -1.98. The predicted octanol–water partition coefficient (Wildman–Crippen LogP) is 3.17. The summed E-state index contributed by atoms with van der Waals surface area (Å²) in [5.74, 6) is 0.332. The number of carbonyl (C=O) groups excluding carboxylic acids is 1. The highest BCUT2D eigenvalue weighted by atomic mass is 16.1. The van der Waals surface area contributed by atoms with E-state index in [1.54, 1.807) is 6.20 Å². The SMILES string of the molecule is CC(C)c1c(C=O)cnc2ccccc12. The van der Waals surface area contributed by atoms with Crippen molar-refractivity contribution < 1.29 is 4.79 Å². The Labute approximate surface area is 89.0 Å². The number of aldehydes is 1. The summed E-state index contributed by atoms with van der Waals surface area (Å²) in [6, 6.07) is 7.92. The smallest absolute Gasteiger partial charge is 0.151 e. The highest BCUT2D eigenvalue weighted by molar-refractivity contribution is 5.90. The third kappa shape index (κ3) is 1.63. The van der Waals surface area contributed by atoms with E-state index in [1.807, 2.05) is 24.3 Å². The summed E-state index contributed by atoms with van der Waals surface area (Å²) in [5, 5.41) is 1.08. The van der Waals surface area contributed by atoms with Gasteiger partial charge in [-0.3, -0.25) is 9.78 Å². The van der Waals surface area contributed by atoms with Crippen LogP contribution in [0.5, 0.6) is 0 Å². The number of fused-ring (bicyclic) bond motifs is 1. The van der Waals surface area contributed by atoms with Crippen LogP contribution >= 0.6 is 0 Å². The van der Waals surface area contributed by atoms with Gasteiger partial charge in [-0.05, 0) is 17.5 Å². The fraction of sp³-hybridized carbons (Fsp3) is 0.231. The van der Waals surface area contributed by atoms with Gasteiger partial charge in [0.05, 0.1) is 5.52 Å². The van der Waals surface area contributed by atoms with Crippen molar-refractivity contribution in [1.82, 2.24) is 4.98 Å². The van der Waals surface area contributed by atoms with Gasteiger partial charge in [0.15, 0.2) is 6.29 Å². The van der Waals surface area contributed by atoms with Crippen LogP contribution < -0.4 is 0 Å². The van der Waals surface area contributed by atoms with Gasteiger partial charge >= 0.3 is 0 Å². The molecule has 0 saturated heterocycles. The lowest BCUT2D eigenvalue weighted by atomic mass is 9.95. The second-order valence-corrected chi connectivity index (χ2v) is 3.92. The van der Waals surface area contributed by atoms with Crippen molar-refractivity contribution in [2.24, 2.45) is 0 Å². The summed E-state index contributed by atoms with van der Waals surface area (Å²) in [5.41, 5.74) is 2.74. The minimum Gasteiger partial charge on any atom is -0.298 e. The lowest BCUT2D eigenvalue weighted by Gasteiger charge is -2.11. The Morgan fingerprint density at radius 3 is 2.67 bits per heavy atom. The van der Waals surface area contributed by atoms with Crippen LogP contribution in [0.1, 0.15) is 35.7 Å². The van der Waals surface area contributed by atoms with Crippen molar-refractivity contribution >= 4 is 17.2 Å². The van der Waals surface area contributed by atoms with Gasteiger partial charge in [-0.25, -0.2) is 0 Å². The molecule has 0 saturated carbocycles. The third-order valence-electron chi connectivity index (χ3n) is 2.55. The Balaban J connectivity index is 2.84. The Morgan fingerprint density at radius 2 is 2.00 bits per heavy atom. The molecule has 0 bridgehead atoms. The number of hydrogen-bond donors (Lipinski definition) is 0. The van der Waals surface area contributed by atoms with Crippen molar-refractivity contribution in [3.8, 4) is 0 Å². The standard InChI is InChI=1S/C13H13NO/c1-9(2)13-10(8-15)7-14-12-6-4-3-5-11(12)13/h3-9H,1-2H3. The Bertz CT molecular complexity index is 503. The average Bonchev–Trinajstić information content (AvgIpc) is 2.27. The van der Waals surface area contributed by atoms with E-state index in [0.29, 0.717) is 11.5 Å². The van der Waals surface area contributed by atoms with Gasteiger partial charge in [-0.2, -0.15) is 0 Å². The maximum atomic E-state index is 10.9. The number of aromatic nitrogens is 1. The molecular formula is C13H13NO. The van der Waals surface area contributed by atoms with Gasteiger partial charge in [0.25, 0.3) is 0 Å². The Kier molecular flexibility index (Phi) is 2.50. The topological polar surface area (TPSA) is 30.0 Å². The highest BCUT2D eigenvalue weighted by Gasteiger charge is 2.10. The summed E-state index contributed by atoms with van der Waals surface area (Å²) in [7, 11) is 0. The predicted molar refractivity (Wildman–Crippen MR) is 61.2 cm³/mol. The number of nitrogens with zero attached hydrogens (tertiary/aromatic N) is 1. The number of para-hydroxylation sites is 1. The molecule has 0 spiro atoms. The first-order chi connectivity index (χ1) is 7.24. The van der Waals surface area contributed by atoms with Crippen LogP contribution in [-0.4, -0.2) is 11.3 Å². The lowest BCUT2D eigenvalue weighted by molar-refractivity contribution is 0.112. The van der Waals surface area contributed by atoms with Gasteiger partial charge in [0, 0.05) is 17.1 Å². The van der Waals surface area contributed by atoms with Crippen molar-refractivity contribution in [3.63, 3.8) is 0 Å². The molecule has 0 unspecified atom stereocenters. The largest absolute Gasteiger partial charge is 0.298 e. The molecule has 0 N–H and O–H groups in total. The molecule has 2 rings (SSSR count). The van der Waals surface area contributed by atoms with Gasteiger partial charge in [-0.15, -0.1) is 0 Å². The van der Waals surface area contributed by atoms with E-state index in [-0.39, 0.29) is 0 Å². The number of hydrogen-bond acceptors (Lipinski definition) is 2. The normalized spacial score (nSPS) is 10.9. The molecule has 76 valence electrons. The Morgan fingerprint density at radius 1 is 1.27 bits per heavy atom. The zero-order chi connectivity index (χ0) is 10.8. The van der Waals surface area contributed by atoms with E-state index in [2.05, 4.69) is 18.8 Å². The fourth-order valence-corrected chi connectivity index (χ4v) is 1.92. The molecule has 15 heavy (non-hydrogen) atoms. The average molecular weight is 199 g/mol. The molecule has 2 nitrogen and oxygen atoms in total. The van der Waals surface area contributed by atoms with Crippen LogP contribution in [0.3, 0.4) is 0 Å². The molecule has 0 atom stereocenters. The molecule has 1 aromatic heterocycles. The van der Waals surface area contributed by atoms with E-state index in [0.717, 1.165) is 22.8 Å². The highest BCUT2D eigenvalue weighted by Crippen LogP contribution is 2.26. The van der Waals surface area contributed by atoms with Crippen LogP contribution in [0, 0.1) is 0 Å². The van der Waals surface area contributed by atoms with Crippen LogP contribution in [0.15, 0.2) is 30.5 Å². The molecule has 1 heterocycles. The number of rotatable bonds is 2. The zero-order valence-corrected chi connectivity index (χ0v) is 8.90. The van der Waals surface area contributed by atoms with Crippen LogP contribution in [-0.2, 0) is 0 Å². The molecule has 2 aromatic rings. The van der Waals surface area contributed by atoms with Crippen molar-refractivity contribution in [1.29, 1.82) is 0 Å². The fourth-order valence-electron chi connectivity index (χ4n) is 1.92. The summed E-state index contributed by atoms with van der Waals surface area (Å²) in [4.78, 5) is 15.2. The van der Waals surface area contributed by atoms with Gasteiger partial charge in [-0.1, -0.05) is 32.0 Å². The van der Waals surface area contributed by atoms with Gasteiger partial charge < -0.3 is 0 Å². The summed E-state index contributed by atoms with van der Waals surface area (Å²) < 4.78 is 0. The van der Waals surface area contributed by atoms with Crippen molar-refractivity contribution in [3.05, 3.63) is 41.6 Å². The summed E-state index contributed by atoms with van der Waals surface area (Å²) in [6.07, 6.45) is 2.54. The minimum absolute atomic E-state index is 0.332. The molecule has 0 fully saturated rings. The first-order valence-corrected chi connectivity index (χ1v) is 5.07. The monoisotopic (exact) mass is 199 g/mol. The van der Waals surface area contributed by atoms with E-state index >= 15 is 0 Å². The van der Waals surface area contributed by atoms with Crippen molar-refractivity contribution in [2.45, 2.75) is 19.8 Å². The molecular weight excluding hydrogens is 186 g/mol.